The molecule has 2 heterocycles. The van der Waals surface area contributed by atoms with Gasteiger partial charge in [-0.3, -0.25) is 0 Å². The topological polar surface area (TPSA) is 4.93 Å². The van der Waals surface area contributed by atoms with E-state index in [1.54, 1.807) is 0 Å². The predicted octanol–water partition coefficient (Wildman–Crippen LogP) is 5.70. The second-order valence-corrected chi connectivity index (χ2v) is 9.51. The van der Waals surface area contributed by atoms with E-state index in [1.807, 2.05) is 0 Å². The molecule has 31 heavy (non-hydrogen) atoms. The molecule has 1 nitrogen and oxygen atoms in total. The van der Waals surface area contributed by atoms with Gasteiger partial charge in [-0.05, 0) is 47.0 Å². The van der Waals surface area contributed by atoms with Crippen LogP contribution >= 0.6 is 0 Å². The largest absolute Gasteiger partial charge is 0.376 e. The van der Waals surface area contributed by atoms with Gasteiger partial charge in [0.05, 0.1) is 0 Å². The van der Waals surface area contributed by atoms with E-state index in [0.29, 0.717) is 0 Å². The van der Waals surface area contributed by atoms with Gasteiger partial charge in [-0.1, -0.05) is 98.8 Å². The second-order valence-electron chi connectivity index (χ2n) is 9.51. The van der Waals surface area contributed by atoms with E-state index in [9.17, 15) is 0 Å². The summed E-state index contributed by atoms with van der Waals surface area (Å²) < 4.78 is 2.63. The Bertz CT molecular complexity index is 1380. The summed E-state index contributed by atoms with van der Waals surface area (Å²) in [5, 5.41) is 2.69. The minimum Gasteiger partial charge on any atom is -0.376 e. The molecule has 0 saturated heterocycles. The van der Waals surface area contributed by atoms with Crippen LogP contribution in [0.3, 0.4) is 0 Å². The van der Waals surface area contributed by atoms with Gasteiger partial charge in [0.2, 0.25) is 0 Å². The first-order valence-electron chi connectivity index (χ1n) is 11.2. The van der Waals surface area contributed by atoms with E-state index >= 15 is 0 Å². The van der Waals surface area contributed by atoms with Crippen molar-refractivity contribution in [2.24, 2.45) is 0 Å². The molecule has 0 radical (unpaired) electrons. The zero-order valence-corrected chi connectivity index (χ0v) is 18.6. The summed E-state index contributed by atoms with van der Waals surface area (Å²) in [6.45, 7) is 9.38. The first-order valence-corrected chi connectivity index (χ1v) is 11.2. The fourth-order valence-corrected chi connectivity index (χ4v) is 5.96. The van der Waals surface area contributed by atoms with E-state index in [4.69, 9.17) is 0 Å². The van der Waals surface area contributed by atoms with E-state index in [1.165, 1.54) is 55.0 Å². The number of hydrogen-bond donors (Lipinski definition) is 0. The molecule has 0 fully saturated rings. The van der Waals surface area contributed by atoms with Gasteiger partial charge in [0, 0.05) is 27.2 Å². The van der Waals surface area contributed by atoms with Crippen molar-refractivity contribution < 1.29 is 0 Å². The Morgan fingerprint density at radius 2 is 1.03 bits per heavy atom. The van der Waals surface area contributed by atoms with Crippen molar-refractivity contribution >= 4 is 39.6 Å². The summed E-state index contributed by atoms with van der Waals surface area (Å²) in [5.74, 6) is 0. The zero-order chi connectivity index (χ0) is 21.3. The molecule has 1 aliphatic rings. The summed E-state index contributed by atoms with van der Waals surface area (Å²) >= 11 is 0. The molecule has 0 N–H and O–H groups in total. The Morgan fingerprint density at radius 1 is 0.581 bits per heavy atom. The monoisotopic (exact) mass is 399 g/mol. The summed E-state index contributed by atoms with van der Waals surface area (Å²) in [5.41, 5.74) is 11.0. The highest BCUT2D eigenvalue weighted by Gasteiger charge is 2.41. The van der Waals surface area contributed by atoms with E-state index < -0.39 is 0 Å². The Hall–Kier alpha value is -3.26. The van der Waals surface area contributed by atoms with Crippen LogP contribution in [-0.4, -0.2) is 11.3 Å². The van der Waals surface area contributed by atoms with Gasteiger partial charge in [-0.2, -0.15) is 0 Å². The molecule has 0 bridgehead atoms. The van der Waals surface area contributed by atoms with Crippen molar-refractivity contribution in [2.75, 3.05) is 0 Å². The zero-order valence-electron chi connectivity index (χ0n) is 18.6. The van der Waals surface area contributed by atoms with Crippen molar-refractivity contribution in [1.29, 1.82) is 0 Å². The Labute approximate surface area is 184 Å². The molecule has 0 amide bonds. The molecule has 0 saturated carbocycles. The van der Waals surface area contributed by atoms with Crippen LogP contribution in [-0.2, 0) is 5.41 Å². The molecule has 0 spiro atoms. The number of fused-ring (bicyclic) bond motifs is 5. The summed E-state index contributed by atoms with van der Waals surface area (Å²) in [4.78, 5) is 0. The number of aromatic nitrogens is 1. The molecule has 5 aromatic rings. The van der Waals surface area contributed by atoms with Gasteiger partial charge < -0.3 is 4.48 Å². The minimum atomic E-state index is -0.0213. The highest BCUT2D eigenvalue weighted by molar-refractivity contribution is 6.86. The quantitative estimate of drug-likeness (QED) is 0.319. The lowest BCUT2D eigenvalue weighted by molar-refractivity contribution is 0.645. The van der Waals surface area contributed by atoms with Crippen molar-refractivity contribution in [3.8, 4) is 0 Å². The lowest BCUT2D eigenvalue weighted by Crippen LogP contribution is -2.58. The smallest absolute Gasteiger partial charge is 0.328 e. The predicted molar refractivity (Wildman–Crippen MR) is 134 cm³/mol. The minimum absolute atomic E-state index is 0.0213. The van der Waals surface area contributed by atoms with E-state index in [-0.39, 0.29) is 12.3 Å². The fraction of sp³-hybridized carbons (Fsp3) is 0.172. The number of para-hydroxylation sites is 2. The molecule has 1 aliphatic heterocycles. The van der Waals surface area contributed by atoms with Gasteiger partial charge in [-0.25, -0.2) is 0 Å². The second kappa shape index (κ2) is 6.37. The van der Waals surface area contributed by atoms with Gasteiger partial charge in [0.15, 0.2) is 0 Å². The third kappa shape index (κ3) is 2.39. The molecule has 150 valence electrons. The standard InChI is InChI=1S/C29H26BN/c1-19-11-9-13-21-22-14-10-12-20(2)28(22)31(27(19)21)30-25-17-7-5-15-23(25)29(3,4)24-16-6-8-18-26(24)30/h5-18H,1-4H3. The molecular formula is C29H26BN. The van der Waals surface area contributed by atoms with Crippen LogP contribution in [0.1, 0.15) is 36.1 Å². The molecular weight excluding hydrogens is 373 g/mol. The Kier molecular flexibility index (Phi) is 3.80. The van der Waals surface area contributed by atoms with Crippen LogP contribution in [0.4, 0.5) is 0 Å². The maximum absolute atomic E-state index is 2.63. The van der Waals surface area contributed by atoms with E-state index in [0.717, 1.165) is 0 Å². The van der Waals surface area contributed by atoms with Crippen LogP contribution in [0, 0.1) is 13.8 Å². The van der Waals surface area contributed by atoms with Gasteiger partial charge in [0.25, 0.3) is 0 Å². The maximum atomic E-state index is 2.63. The van der Waals surface area contributed by atoms with Gasteiger partial charge >= 0.3 is 6.85 Å². The van der Waals surface area contributed by atoms with Crippen LogP contribution in [0.15, 0.2) is 84.9 Å². The van der Waals surface area contributed by atoms with Gasteiger partial charge in [-0.15, -0.1) is 0 Å². The molecule has 6 rings (SSSR count). The summed E-state index contributed by atoms with van der Waals surface area (Å²) in [6.07, 6.45) is 0. The van der Waals surface area contributed by atoms with Crippen molar-refractivity contribution in [3.63, 3.8) is 0 Å². The highest BCUT2D eigenvalue weighted by Crippen LogP contribution is 2.37. The molecule has 4 aromatic carbocycles. The summed E-state index contributed by atoms with van der Waals surface area (Å²) in [6, 6.07) is 31.5. The highest BCUT2D eigenvalue weighted by atomic mass is 14.9. The van der Waals surface area contributed by atoms with Crippen LogP contribution in [0.25, 0.3) is 21.8 Å². The first-order chi connectivity index (χ1) is 15.0. The number of aryl methyl sites for hydroxylation is 2. The third-order valence-corrected chi connectivity index (χ3v) is 7.36. The van der Waals surface area contributed by atoms with Crippen molar-refractivity contribution in [2.45, 2.75) is 33.1 Å². The lowest BCUT2D eigenvalue weighted by Gasteiger charge is -2.39. The third-order valence-electron chi connectivity index (χ3n) is 7.36. The molecule has 0 atom stereocenters. The molecule has 0 aliphatic carbocycles. The van der Waals surface area contributed by atoms with Crippen LogP contribution in [0.2, 0.25) is 0 Å². The number of benzene rings is 4. The van der Waals surface area contributed by atoms with Crippen LogP contribution < -0.4 is 10.9 Å². The summed E-state index contributed by atoms with van der Waals surface area (Å²) in [7, 11) is 0. The molecule has 1 aromatic heterocycles. The average Bonchev–Trinajstić information content (AvgIpc) is 3.11. The van der Waals surface area contributed by atoms with Crippen molar-refractivity contribution in [1.82, 2.24) is 4.48 Å². The number of rotatable bonds is 1. The Balaban J connectivity index is 1.84. The number of hydrogen-bond acceptors (Lipinski definition) is 0. The van der Waals surface area contributed by atoms with E-state index in [2.05, 4.69) is 117 Å². The SMILES string of the molecule is Cc1cccc2c3cccc(C)c3n(B3c4ccccc4C(C)(C)c4ccccc43)c12. The number of nitrogens with zero attached hydrogens (tertiary/aromatic N) is 1. The fourth-order valence-electron chi connectivity index (χ4n) is 5.96. The normalized spacial score (nSPS) is 14.6. The van der Waals surface area contributed by atoms with Crippen molar-refractivity contribution in [3.05, 3.63) is 107 Å². The maximum Gasteiger partial charge on any atom is 0.328 e. The Morgan fingerprint density at radius 3 is 1.52 bits per heavy atom. The average molecular weight is 399 g/mol. The molecule has 2 heteroatoms. The van der Waals surface area contributed by atoms with Gasteiger partial charge in [0.1, 0.15) is 0 Å². The van der Waals surface area contributed by atoms with Crippen LogP contribution in [0.5, 0.6) is 0 Å². The molecule has 0 unspecified atom stereocenters. The first kappa shape index (κ1) is 18.5. The lowest BCUT2D eigenvalue weighted by atomic mass is 9.41.